The number of ether oxygens (including phenoxy) is 2. The molecule has 1 aromatic heterocycles. The van der Waals surface area contributed by atoms with Crippen molar-refractivity contribution in [3.05, 3.63) is 88.7 Å². The molecule has 0 aliphatic heterocycles. The molecule has 0 radical (unpaired) electrons. The standard InChI is InChI=1S/C28H30BrN3O3/c1-34-23-14-16-24(17-15-23)35-20-5-4-19-32-26-8-3-2-7-25(26)31-27(32)9-6-18-30-28(33)21-10-12-22(29)13-11-21/h2-3,7-8,10-17H,4-6,9,18-20H2,1H3,(H,30,33). The lowest BCUT2D eigenvalue weighted by molar-refractivity contribution is 0.0953. The minimum Gasteiger partial charge on any atom is -0.497 e. The van der Waals surface area contributed by atoms with Gasteiger partial charge in [0.05, 0.1) is 24.8 Å². The average molecular weight is 536 g/mol. The number of para-hydroxylation sites is 2. The summed E-state index contributed by atoms with van der Waals surface area (Å²) in [7, 11) is 1.66. The third-order valence-electron chi connectivity index (χ3n) is 5.81. The van der Waals surface area contributed by atoms with E-state index in [2.05, 4.69) is 44.0 Å². The molecule has 0 unspecified atom stereocenters. The van der Waals surface area contributed by atoms with Gasteiger partial charge in [0.25, 0.3) is 5.91 Å². The molecule has 182 valence electrons. The minimum atomic E-state index is -0.0529. The number of methoxy groups -OCH3 is 1. The Hall–Kier alpha value is -3.32. The van der Waals surface area contributed by atoms with Crippen molar-refractivity contribution in [2.75, 3.05) is 20.3 Å². The van der Waals surface area contributed by atoms with E-state index in [-0.39, 0.29) is 5.91 Å². The smallest absolute Gasteiger partial charge is 0.251 e. The third-order valence-corrected chi connectivity index (χ3v) is 6.34. The Kier molecular flexibility index (Phi) is 8.79. The maximum Gasteiger partial charge on any atom is 0.251 e. The second-order valence-electron chi connectivity index (χ2n) is 8.27. The molecule has 7 heteroatoms. The molecule has 35 heavy (non-hydrogen) atoms. The van der Waals surface area contributed by atoms with Crippen LogP contribution in [0.2, 0.25) is 0 Å². The van der Waals surface area contributed by atoms with Crippen molar-refractivity contribution in [1.29, 1.82) is 0 Å². The molecular weight excluding hydrogens is 506 g/mol. The highest BCUT2D eigenvalue weighted by atomic mass is 79.9. The van der Waals surface area contributed by atoms with Crippen molar-refractivity contribution in [2.45, 2.75) is 32.2 Å². The van der Waals surface area contributed by atoms with Crippen LogP contribution in [0.5, 0.6) is 11.5 Å². The molecule has 0 aliphatic carbocycles. The molecule has 4 rings (SSSR count). The molecule has 6 nitrogen and oxygen atoms in total. The molecule has 0 fully saturated rings. The summed E-state index contributed by atoms with van der Waals surface area (Å²) < 4.78 is 14.3. The van der Waals surface area contributed by atoms with Crippen LogP contribution in [-0.2, 0) is 13.0 Å². The van der Waals surface area contributed by atoms with Crippen molar-refractivity contribution in [2.24, 2.45) is 0 Å². The van der Waals surface area contributed by atoms with Gasteiger partial charge < -0.3 is 19.4 Å². The molecular formula is C28H30BrN3O3. The van der Waals surface area contributed by atoms with Crippen molar-refractivity contribution < 1.29 is 14.3 Å². The topological polar surface area (TPSA) is 65.4 Å². The highest BCUT2D eigenvalue weighted by Crippen LogP contribution is 2.19. The number of halogens is 1. The van der Waals surface area contributed by atoms with Crippen LogP contribution in [0.1, 0.15) is 35.4 Å². The average Bonchev–Trinajstić information content (AvgIpc) is 3.24. The van der Waals surface area contributed by atoms with E-state index in [1.165, 1.54) is 0 Å². The summed E-state index contributed by atoms with van der Waals surface area (Å²) in [5.74, 6) is 2.68. The predicted molar refractivity (Wildman–Crippen MR) is 142 cm³/mol. The number of benzene rings is 3. The van der Waals surface area contributed by atoms with Crippen LogP contribution < -0.4 is 14.8 Å². The highest BCUT2D eigenvalue weighted by Gasteiger charge is 2.11. The van der Waals surface area contributed by atoms with Gasteiger partial charge in [-0.25, -0.2) is 4.98 Å². The zero-order valence-corrected chi connectivity index (χ0v) is 21.5. The second kappa shape index (κ2) is 12.4. The van der Waals surface area contributed by atoms with Crippen LogP contribution in [0.15, 0.2) is 77.3 Å². The largest absolute Gasteiger partial charge is 0.497 e. The van der Waals surface area contributed by atoms with E-state index in [0.29, 0.717) is 18.7 Å². The second-order valence-corrected chi connectivity index (χ2v) is 9.18. The number of nitrogens with zero attached hydrogens (tertiary/aromatic N) is 2. The molecule has 3 aromatic carbocycles. The number of rotatable bonds is 12. The highest BCUT2D eigenvalue weighted by molar-refractivity contribution is 9.10. The summed E-state index contributed by atoms with van der Waals surface area (Å²) in [6.45, 7) is 2.15. The number of nitrogens with one attached hydrogen (secondary N) is 1. The first-order valence-electron chi connectivity index (χ1n) is 11.9. The molecule has 4 aromatic rings. The van der Waals surface area contributed by atoms with Crippen LogP contribution in [0.4, 0.5) is 0 Å². The van der Waals surface area contributed by atoms with E-state index >= 15 is 0 Å². The van der Waals surface area contributed by atoms with Gasteiger partial charge >= 0.3 is 0 Å². The number of hydrogen-bond acceptors (Lipinski definition) is 4. The molecule has 1 heterocycles. The number of amides is 1. The van der Waals surface area contributed by atoms with E-state index in [0.717, 1.165) is 65.1 Å². The van der Waals surface area contributed by atoms with Crippen LogP contribution in [0, 0.1) is 0 Å². The fourth-order valence-electron chi connectivity index (χ4n) is 3.95. The number of hydrogen-bond donors (Lipinski definition) is 1. The SMILES string of the molecule is COc1ccc(OCCCCn2c(CCCNC(=O)c3ccc(Br)cc3)nc3ccccc32)cc1. The van der Waals surface area contributed by atoms with Gasteiger partial charge in [-0.15, -0.1) is 0 Å². The normalized spacial score (nSPS) is 10.9. The Morgan fingerprint density at radius 1 is 0.943 bits per heavy atom. The number of unbranched alkanes of at least 4 members (excludes halogenated alkanes) is 1. The van der Waals surface area contributed by atoms with Crippen LogP contribution in [0.3, 0.4) is 0 Å². The van der Waals surface area contributed by atoms with Crippen molar-refractivity contribution in [3.63, 3.8) is 0 Å². The van der Waals surface area contributed by atoms with Gasteiger partial charge in [-0.2, -0.15) is 0 Å². The Balaban J connectivity index is 1.27. The van der Waals surface area contributed by atoms with Gasteiger partial charge in [0.15, 0.2) is 0 Å². The summed E-state index contributed by atoms with van der Waals surface area (Å²) in [5, 5.41) is 3.01. The Bertz CT molecular complexity index is 1240. The third kappa shape index (κ3) is 6.85. The number of fused-ring (bicyclic) bond motifs is 1. The fourth-order valence-corrected chi connectivity index (χ4v) is 4.22. The summed E-state index contributed by atoms with van der Waals surface area (Å²) in [6, 6.07) is 23.3. The molecule has 0 saturated heterocycles. The molecule has 1 amide bonds. The van der Waals surface area contributed by atoms with Crippen LogP contribution in [-0.4, -0.2) is 35.7 Å². The van der Waals surface area contributed by atoms with Crippen molar-refractivity contribution in [3.8, 4) is 11.5 Å². The van der Waals surface area contributed by atoms with Gasteiger partial charge in [0.2, 0.25) is 0 Å². The van der Waals surface area contributed by atoms with Gasteiger partial charge in [-0.05, 0) is 79.9 Å². The van der Waals surface area contributed by atoms with Crippen molar-refractivity contribution in [1.82, 2.24) is 14.9 Å². The van der Waals surface area contributed by atoms with Gasteiger partial charge in [0.1, 0.15) is 17.3 Å². The number of aromatic nitrogens is 2. The number of carbonyl (C=O) groups excluding carboxylic acids is 1. The van der Waals surface area contributed by atoms with Crippen molar-refractivity contribution >= 4 is 32.9 Å². The molecule has 0 atom stereocenters. The first kappa shape index (κ1) is 24.8. The van der Waals surface area contributed by atoms with Gasteiger partial charge in [-0.3, -0.25) is 4.79 Å². The zero-order chi connectivity index (χ0) is 24.5. The maximum atomic E-state index is 12.3. The first-order chi connectivity index (χ1) is 17.1. The number of aryl methyl sites for hydroxylation is 2. The minimum absolute atomic E-state index is 0.0529. The summed E-state index contributed by atoms with van der Waals surface area (Å²) in [6.07, 6.45) is 3.56. The van der Waals surface area contributed by atoms with Gasteiger partial charge in [0, 0.05) is 29.5 Å². The zero-order valence-electron chi connectivity index (χ0n) is 19.9. The van der Waals surface area contributed by atoms with Crippen LogP contribution >= 0.6 is 15.9 Å². The van der Waals surface area contributed by atoms with E-state index in [9.17, 15) is 4.79 Å². The molecule has 0 aliphatic rings. The Morgan fingerprint density at radius 3 is 2.46 bits per heavy atom. The maximum absolute atomic E-state index is 12.3. The molecule has 0 bridgehead atoms. The fraction of sp³-hybridized carbons (Fsp3) is 0.286. The van der Waals surface area contributed by atoms with E-state index < -0.39 is 0 Å². The lowest BCUT2D eigenvalue weighted by Gasteiger charge is -2.11. The Morgan fingerprint density at radius 2 is 1.69 bits per heavy atom. The number of imidazole rings is 1. The monoisotopic (exact) mass is 535 g/mol. The van der Waals surface area contributed by atoms with Gasteiger partial charge in [-0.1, -0.05) is 28.1 Å². The summed E-state index contributed by atoms with van der Waals surface area (Å²) in [4.78, 5) is 17.2. The quantitative estimate of drug-likeness (QED) is 0.225. The Labute approximate surface area is 214 Å². The lowest BCUT2D eigenvalue weighted by Crippen LogP contribution is -2.25. The predicted octanol–water partition coefficient (Wildman–Crippen LogP) is 6.03. The molecule has 0 spiro atoms. The van der Waals surface area contributed by atoms with Crippen LogP contribution in [0.25, 0.3) is 11.0 Å². The number of carbonyl (C=O) groups is 1. The molecule has 0 saturated carbocycles. The first-order valence-corrected chi connectivity index (χ1v) is 12.7. The summed E-state index contributed by atoms with van der Waals surface area (Å²) >= 11 is 3.40. The molecule has 1 N–H and O–H groups in total. The van der Waals surface area contributed by atoms with E-state index in [4.69, 9.17) is 14.5 Å². The van der Waals surface area contributed by atoms with E-state index in [1.54, 1.807) is 7.11 Å². The van der Waals surface area contributed by atoms with E-state index in [1.807, 2.05) is 54.6 Å². The lowest BCUT2D eigenvalue weighted by atomic mass is 10.2. The summed E-state index contributed by atoms with van der Waals surface area (Å²) in [5.41, 5.74) is 2.82.